The van der Waals surface area contributed by atoms with Gasteiger partial charge in [-0.15, -0.1) is 0 Å². The Labute approximate surface area is 176 Å². The third kappa shape index (κ3) is 4.96. The van der Waals surface area contributed by atoms with Crippen molar-refractivity contribution in [3.05, 3.63) is 88.9 Å². The van der Waals surface area contributed by atoms with E-state index in [-0.39, 0.29) is 11.4 Å². The molecule has 3 rings (SSSR count). The van der Waals surface area contributed by atoms with Crippen molar-refractivity contribution in [1.82, 2.24) is 0 Å². The average molecular weight is 429 g/mol. The number of sulfonamides is 1. The first-order valence-corrected chi connectivity index (χ1v) is 10.8. The first-order valence-electron chi connectivity index (χ1n) is 8.98. The van der Waals surface area contributed by atoms with Crippen molar-refractivity contribution in [1.29, 1.82) is 0 Å². The fourth-order valence-corrected chi connectivity index (χ4v) is 4.46. The second-order valence-corrected chi connectivity index (χ2v) is 8.97. The Balaban J connectivity index is 1.92. The highest BCUT2D eigenvalue weighted by molar-refractivity contribution is 7.92. The largest absolute Gasteiger partial charge is 0.324 e. The fraction of sp³-hybridized carbons (Fsp3) is 0.136. The van der Waals surface area contributed by atoms with Crippen molar-refractivity contribution in [2.45, 2.75) is 18.7 Å². The molecule has 0 spiro atoms. The number of nitrogens with one attached hydrogen (secondary N) is 1. The smallest absolute Gasteiger partial charge is 0.264 e. The molecule has 150 valence electrons. The molecular formula is C22H21ClN2O3S. The van der Waals surface area contributed by atoms with Crippen LogP contribution in [0.4, 0.5) is 11.4 Å². The Morgan fingerprint density at radius 1 is 0.966 bits per heavy atom. The van der Waals surface area contributed by atoms with Crippen molar-refractivity contribution in [2.24, 2.45) is 0 Å². The van der Waals surface area contributed by atoms with Crippen LogP contribution in [0.5, 0.6) is 0 Å². The molecule has 0 fully saturated rings. The number of amides is 1. The van der Waals surface area contributed by atoms with Crippen molar-refractivity contribution >= 4 is 38.9 Å². The van der Waals surface area contributed by atoms with Gasteiger partial charge in [0.1, 0.15) is 6.54 Å². The lowest BCUT2D eigenvalue weighted by Gasteiger charge is -2.24. The molecule has 3 aromatic carbocycles. The molecule has 5 nitrogen and oxygen atoms in total. The lowest BCUT2D eigenvalue weighted by atomic mass is 10.1. The summed E-state index contributed by atoms with van der Waals surface area (Å²) in [6.07, 6.45) is 0. The van der Waals surface area contributed by atoms with E-state index in [1.54, 1.807) is 30.3 Å². The predicted molar refractivity (Wildman–Crippen MR) is 117 cm³/mol. The highest BCUT2D eigenvalue weighted by Crippen LogP contribution is 2.25. The monoisotopic (exact) mass is 428 g/mol. The van der Waals surface area contributed by atoms with Crippen LogP contribution in [0.15, 0.2) is 77.7 Å². The van der Waals surface area contributed by atoms with Crippen molar-refractivity contribution in [2.75, 3.05) is 16.2 Å². The molecule has 0 atom stereocenters. The lowest BCUT2D eigenvalue weighted by Crippen LogP contribution is -2.38. The van der Waals surface area contributed by atoms with E-state index in [9.17, 15) is 13.2 Å². The standard InChI is InChI=1S/C22H21ClN2O3S/c1-16-8-13-21(17(2)14-16)24-22(26)15-25(19-6-4-3-5-7-19)29(27,28)20-11-9-18(23)10-12-20/h3-14H,15H2,1-2H3,(H,24,26). The number of aryl methyl sites for hydroxylation is 2. The average Bonchev–Trinajstić information content (AvgIpc) is 2.69. The summed E-state index contributed by atoms with van der Waals surface area (Å²) in [7, 11) is -3.96. The van der Waals surface area contributed by atoms with Crippen molar-refractivity contribution in [3.63, 3.8) is 0 Å². The van der Waals surface area contributed by atoms with Gasteiger partial charge >= 0.3 is 0 Å². The Morgan fingerprint density at radius 2 is 1.62 bits per heavy atom. The van der Waals surface area contributed by atoms with Crippen molar-refractivity contribution in [3.8, 4) is 0 Å². The molecule has 0 unspecified atom stereocenters. The van der Waals surface area contributed by atoms with Gasteiger partial charge in [-0.25, -0.2) is 8.42 Å². The van der Waals surface area contributed by atoms with E-state index in [0.717, 1.165) is 15.4 Å². The molecule has 0 aromatic heterocycles. The quantitative estimate of drug-likeness (QED) is 0.613. The normalized spacial score (nSPS) is 11.1. The number of para-hydroxylation sites is 1. The molecule has 1 N–H and O–H groups in total. The molecule has 0 heterocycles. The third-order valence-electron chi connectivity index (χ3n) is 4.39. The molecule has 0 aliphatic carbocycles. The first kappa shape index (κ1) is 20.9. The molecule has 0 radical (unpaired) electrons. The van der Waals surface area contributed by atoms with Gasteiger partial charge in [-0.1, -0.05) is 47.5 Å². The molecule has 29 heavy (non-hydrogen) atoms. The van der Waals surface area contributed by atoms with Crippen molar-refractivity contribution < 1.29 is 13.2 Å². The predicted octanol–water partition coefficient (Wildman–Crippen LogP) is 4.79. The van der Waals surface area contributed by atoms with Gasteiger partial charge in [0.05, 0.1) is 10.6 Å². The number of nitrogens with zero attached hydrogens (tertiary/aromatic N) is 1. The summed E-state index contributed by atoms with van der Waals surface area (Å²) in [6, 6.07) is 20.1. The van der Waals surface area contributed by atoms with Gasteiger partial charge in [-0.05, 0) is 61.9 Å². The molecule has 1 amide bonds. The molecule has 3 aromatic rings. The number of rotatable bonds is 6. The SMILES string of the molecule is Cc1ccc(NC(=O)CN(c2ccccc2)S(=O)(=O)c2ccc(Cl)cc2)c(C)c1. The molecule has 0 saturated heterocycles. The Kier molecular flexibility index (Phi) is 6.25. The molecule has 0 saturated carbocycles. The van der Waals surface area contributed by atoms with Crippen LogP contribution in [0.25, 0.3) is 0 Å². The molecule has 0 aliphatic heterocycles. The van der Waals surface area contributed by atoms with Gasteiger partial charge in [0.25, 0.3) is 10.0 Å². The van der Waals surface area contributed by atoms with Gasteiger partial charge < -0.3 is 5.32 Å². The minimum absolute atomic E-state index is 0.0602. The van der Waals surface area contributed by atoms with Crippen LogP contribution < -0.4 is 9.62 Å². The number of hydrogen-bond acceptors (Lipinski definition) is 3. The zero-order valence-corrected chi connectivity index (χ0v) is 17.7. The van der Waals surface area contributed by atoms with Crippen LogP contribution >= 0.6 is 11.6 Å². The number of halogens is 1. The summed E-state index contributed by atoms with van der Waals surface area (Å²) in [5, 5.41) is 3.24. The van der Waals surface area contributed by atoms with E-state index < -0.39 is 15.9 Å². The van der Waals surface area contributed by atoms with E-state index >= 15 is 0 Å². The summed E-state index contributed by atoms with van der Waals surface area (Å²) >= 11 is 5.89. The molecule has 7 heteroatoms. The number of hydrogen-bond donors (Lipinski definition) is 1. The topological polar surface area (TPSA) is 66.5 Å². The maximum atomic E-state index is 13.2. The first-order chi connectivity index (χ1) is 13.8. The van der Waals surface area contributed by atoms with E-state index in [2.05, 4.69) is 5.32 Å². The minimum atomic E-state index is -3.96. The maximum Gasteiger partial charge on any atom is 0.264 e. The van der Waals surface area contributed by atoms with Gasteiger partial charge in [-0.2, -0.15) is 0 Å². The van der Waals surface area contributed by atoms with Gasteiger partial charge in [0, 0.05) is 10.7 Å². The zero-order chi connectivity index (χ0) is 21.0. The maximum absolute atomic E-state index is 13.2. The van der Waals surface area contributed by atoms with Crippen LogP contribution in [-0.4, -0.2) is 20.9 Å². The zero-order valence-electron chi connectivity index (χ0n) is 16.1. The lowest BCUT2D eigenvalue weighted by molar-refractivity contribution is -0.114. The van der Waals surface area contributed by atoms with Crippen LogP contribution in [0.2, 0.25) is 5.02 Å². The van der Waals surface area contributed by atoms with Gasteiger partial charge in [0.2, 0.25) is 5.91 Å². The summed E-state index contributed by atoms with van der Waals surface area (Å²) in [5.41, 5.74) is 3.04. The molecular weight excluding hydrogens is 408 g/mol. The second-order valence-electron chi connectivity index (χ2n) is 6.67. The summed E-state index contributed by atoms with van der Waals surface area (Å²) in [5.74, 6) is -0.432. The Morgan fingerprint density at radius 3 is 2.24 bits per heavy atom. The summed E-state index contributed by atoms with van der Waals surface area (Å²) < 4.78 is 27.6. The summed E-state index contributed by atoms with van der Waals surface area (Å²) in [6.45, 7) is 3.50. The van der Waals surface area contributed by atoms with E-state index in [0.29, 0.717) is 16.4 Å². The van der Waals surface area contributed by atoms with E-state index in [1.165, 1.54) is 24.3 Å². The second kappa shape index (κ2) is 8.68. The number of benzene rings is 3. The Bertz CT molecular complexity index is 1110. The molecule has 0 aliphatic rings. The van der Waals surface area contributed by atoms with Gasteiger partial charge in [0.15, 0.2) is 0 Å². The van der Waals surface area contributed by atoms with Crippen LogP contribution in [0.3, 0.4) is 0 Å². The van der Waals surface area contributed by atoms with Crippen LogP contribution in [0.1, 0.15) is 11.1 Å². The number of carbonyl (C=O) groups excluding carboxylic acids is 1. The highest BCUT2D eigenvalue weighted by Gasteiger charge is 2.27. The third-order valence-corrected chi connectivity index (χ3v) is 6.43. The molecule has 0 bridgehead atoms. The highest BCUT2D eigenvalue weighted by atomic mass is 35.5. The van der Waals surface area contributed by atoms with Crippen LogP contribution in [-0.2, 0) is 14.8 Å². The number of carbonyl (C=O) groups is 1. The van der Waals surface area contributed by atoms with Crippen LogP contribution in [0, 0.1) is 13.8 Å². The Hall–Kier alpha value is -2.83. The fourth-order valence-electron chi connectivity index (χ4n) is 2.92. The van der Waals surface area contributed by atoms with E-state index in [1.807, 2.05) is 32.0 Å². The summed E-state index contributed by atoms with van der Waals surface area (Å²) in [4.78, 5) is 12.8. The number of anilines is 2. The van der Waals surface area contributed by atoms with Gasteiger partial charge in [-0.3, -0.25) is 9.10 Å². The minimum Gasteiger partial charge on any atom is -0.324 e. The van der Waals surface area contributed by atoms with E-state index in [4.69, 9.17) is 11.6 Å².